The third-order valence-electron chi connectivity index (χ3n) is 4.66. The van der Waals surface area contributed by atoms with Crippen molar-refractivity contribution in [2.24, 2.45) is 5.73 Å². The smallest absolute Gasteiger partial charge is 0.382 e. The number of benzene rings is 1. The number of rotatable bonds is 6. The third kappa shape index (κ3) is 4.70. The van der Waals surface area contributed by atoms with E-state index in [0.29, 0.717) is 17.0 Å². The van der Waals surface area contributed by atoms with Crippen molar-refractivity contribution in [2.75, 3.05) is 13.2 Å². The Balaban J connectivity index is 1.40. The van der Waals surface area contributed by atoms with Gasteiger partial charge in [-0.15, -0.1) is 5.10 Å². The Morgan fingerprint density at radius 1 is 1.45 bits per heavy atom. The first-order valence-corrected chi connectivity index (χ1v) is 11.0. The molecular weight excluding hydrogens is 455 g/mol. The molecule has 2 unspecified atom stereocenters. The van der Waals surface area contributed by atoms with E-state index in [0.717, 1.165) is 11.0 Å². The molecule has 5 atom stereocenters. The molecular formula is C17H18ClN4O8P. The molecule has 1 aromatic heterocycles. The number of aliphatic hydroxyl groups excluding tert-OH is 1. The van der Waals surface area contributed by atoms with E-state index in [-0.39, 0.29) is 12.4 Å². The lowest BCUT2D eigenvalue weighted by atomic mass is 10.1. The minimum absolute atomic E-state index is 0.110. The minimum atomic E-state index is -3.99. The van der Waals surface area contributed by atoms with Crippen molar-refractivity contribution in [1.82, 2.24) is 14.8 Å². The fourth-order valence-corrected chi connectivity index (χ4v) is 4.73. The van der Waals surface area contributed by atoms with E-state index in [1.807, 2.05) is 0 Å². The summed E-state index contributed by atoms with van der Waals surface area (Å²) in [5.41, 5.74) is 5.79. The van der Waals surface area contributed by atoms with Crippen LogP contribution >= 0.6 is 19.4 Å². The van der Waals surface area contributed by atoms with Gasteiger partial charge in [0.15, 0.2) is 0 Å². The van der Waals surface area contributed by atoms with Crippen LogP contribution in [0.5, 0.6) is 0 Å². The molecule has 166 valence electrons. The van der Waals surface area contributed by atoms with Crippen molar-refractivity contribution in [1.29, 1.82) is 0 Å². The van der Waals surface area contributed by atoms with Gasteiger partial charge in [-0.25, -0.2) is 14.2 Å². The summed E-state index contributed by atoms with van der Waals surface area (Å²) in [5.74, 6) is -1.94. The number of hydrogen-bond donors (Lipinski definition) is 2. The second-order valence-electron chi connectivity index (χ2n) is 6.80. The molecule has 4 rings (SSSR count). The highest BCUT2D eigenvalue weighted by Gasteiger charge is 2.46. The molecule has 0 saturated carbocycles. The number of halogens is 1. The standard InChI is InChI=1S/C17H18ClN4O8P/c18-10-3-1-2-9(6-10)11-4-5-27-31(26,30-11)28-7-12-13(23)14(24)17(29-12)22-8-20-16(21-22)15(19)25/h1-3,6,8,11-13,17,23H,4-5,7H2,(H2,19,25)/t11-,12?,13+,17+,31?/m0/s1. The van der Waals surface area contributed by atoms with Crippen molar-refractivity contribution in [3.63, 3.8) is 0 Å². The van der Waals surface area contributed by atoms with Crippen LogP contribution in [0.4, 0.5) is 0 Å². The molecule has 2 aromatic rings. The molecule has 2 aliphatic rings. The summed E-state index contributed by atoms with van der Waals surface area (Å²) < 4.78 is 35.3. The number of ketones is 1. The number of phosphoric ester groups is 1. The summed E-state index contributed by atoms with van der Waals surface area (Å²) in [7, 11) is -3.99. The van der Waals surface area contributed by atoms with E-state index in [2.05, 4.69) is 10.1 Å². The van der Waals surface area contributed by atoms with Gasteiger partial charge in [0, 0.05) is 11.4 Å². The van der Waals surface area contributed by atoms with Gasteiger partial charge in [-0.05, 0) is 17.7 Å². The number of primary amides is 1. The molecule has 14 heteroatoms. The number of carbonyl (C=O) groups is 2. The average molecular weight is 473 g/mol. The molecule has 3 N–H and O–H groups in total. The molecule has 0 spiro atoms. The first kappa shape index (κ1) is 22.0. The first-order chi connectivity index (χ1) is 14.8. The van der Waals surface area contributed by atoms with E-state index in [4.69, 9.17) is 35.6 Å². The summed E-state index contributed by atoms with van der Waals surface area (Å²) in [5, 5.41) is 14.4. The summed E-state index contributed by atoms with van der Waals surface area (Å²) >= 11 is 5.99. The maximum atomic E-state index is 12.9. The predicted octanol–water partition coefficient (Wildman–Crippen LogP) is 1.16. The van der Waals surface area contributed by atoms with Gasteiger partial charge >= 0.3 is 7.82 Å². The molecule has 1 amide bonds. The molecule has 1 aromatic carbocycles. The van der Waals surface area contributed by atoms with Gasteiger partial charge < -0.3 is 15.6 Å². The number of nitrogens with zero attached hydrogens (tertiary/aromatic N) is 3. The number of ether oxygens (including phenoxy) is 1. The third-order valence-corrected chi connectivity index (χ3v) is 6.37. The van der Waals surface area contributed by atoms with Crippen LogP contribution < -0.4 is 5.73 Å². The Labute approximate surface area is 180 Å². The molecule has 0 bridgehead atoms. The van der Waals surface area contributed by atoms with Crippen LogP contribution in [-0.4, -0.2) is 57.0 Å². The van der Waals surface area contributed by atoms with Gasteiger partial charge in [0.2, 0.25) is 17.8 Å². The average Bonchev–Trinajstić information content (AvgIpc) is 3.33. The largest absolute Gasteiger partial charge is 0.475 e. The normalized spacial score (nSPS) is 31.1. The maximum absolute atomic E-state index is 12.9. The summed E-state index contributed by atoms with van der Waals surface area (Å²) in [6.07, 6.45) is -3.17. The van der Waals surface area contributed by atoms with Gasteiger partial charge in [0.1, 0.15) is 18.5 Å². The highest BCUT2D eigenvalue weighted by Crippen LogP contribution is 2.57. The lowest BCUT2D eigenvalue weighted by Gasteiger charge is -2.29. The minimum Gasteiger partial charge on any atom is -0.382 e. The highest BCUT2D eigenvalue weighted by atomic mass is 35.5. The number of aromatic nitrogens is 3. The maximum Gasteiger partial charge on any atom is 0.475 e. The van der Waals surface area contributed by atoms with Crippen molar-refractivity contribution in [3.05, 3.63) is 47.0 Å². The van der Waals surface area contributed by atoms with Gasteiger partial charge in [0.25, 0.3) is 5.91 Å². The van der Waals surface area contributed by atoms with Gasteiger partial charge in [0.05, 0.1) is 19.3 Å². The molecule has 0 aliphatic carbocycles. The number of Topliss-reactive ketones (excluding diaryl/α,β-unsaturated/α-hetero) is 1. The van der Waals surface area contributed by atoms with E-state index >= 15 is 0 Å². The molecule has 31 heavy (non-hydrogen) atoms. The highest BCUT2D eigenvalue weighted by molar-refractivity contribution is 7.48. The number of nitrogens with two attached hydrogens (primary N) is 1. The van der Waals surface area contributed by atoms with Crippen molar-refractivity contribution >= 4 is 31.1 Å². The summed E-state index contributed by atoms with van der Waals surface area (Å²) in [4.78, 5) is 27.1. The van der Waals surface area contributed by atoms with Gasteiger partial charge in [-0.1, -0.05) is 23.7 Å². The Hall–Kier alpha value is -2.18. The van der Waals surface area contributed by atoms with E-state index in [1.165, 1.54) is 0 Å². The monoisotopic (exact) mass is 472 g/mol. The molecule has 2 fully saturated rings. The van der Waals surface area contributed by atoms with E-state index < -0.39 is 50.7 Å². The lowest BCUT2D eigenvalue weighted by molar-refractivity contribution is -0.130. The molecule has 12 nitrogen and oxygen atoms in total. The van der Waals surface area contributed by atoms with Gasteiger partial charge in [-0.3, -0.25) is 23.2 Å². The number of phosphoric acid groups is 1. The number of amides is 1. The van der Waals surface area contributed by atoms with Crippen molar-refractivity contribution in [3.8, 4) is 0 Å². The van der Waals surface area contributed by atoms with Crippen LogP contribution in [0.2, 0.25) is 5.02 Å². The number of aliphatic hydroxyl groups is 1. The van der Waals surface area contributed by atoms with Crippen LogP contribution in [0.15, 0.2) is 30.6 Å². The molecule has 0 radical (unpaired) electrons. The number of carbonyl (C=O) groups excluding carboxylic acids is 2. The predicted molar refractivity (Wildman–Crippen MR) is 103 cm³/mol. The fraction of sp³-hybridized carbons (Fsp3) is 0.412. The lowest BCUT2D eigenvalue weighted by Crippen LogP contribution is -2.31. The Morgan fingerprint density at radius 2 is 2.26 bits per heavy atom. The Morgan fingerprint density at radius 3 is 2.97 bits per heavy atom. The van der Waals surface area contributed by atoms with E-state index in [9.17, 15) is 19.3 Å². The zero-order chi connectivity index (χ0) is 22.2. The van der Waals surface area contributed by atoms with Crippen molar-refractivity contribution in [2.45, 2.75) is 31.0 Å². The van der Waals surface area contributed by atoms with Gasteiger partial charge in [-0.2, -0.15) is 0 Å². The molecule has 2 aliphatic heterocycles. The van der Waals surface area contributed by atoms with Crippen LogP contribution in [0.3, 0.4) is 0 Å². The SMILES string of the molecule is NC(=O)c1ncn([C@@H]2OC(COP3(=O)OCC[C@@H](c4cccc(Cl)c4)O3)[C@@H](O)C2=O)n1. The quantitative estimate of drug-likeness (QED) is 0.582. The second-order valence-corrected chi connectivity index (χ2v) is 8.86. The summed E-state index contributed by atoms with van der Waals surface area (Å²) in [6.45, 7) is -0.348. The topological polar surface area (TPSA) is 165 Å². The van der Waals surface area contributed by atoms with Crippen LogP contribution in [0.25, 0.3) is 0 Å². The first-order valence-electron chi connectivity index (χ1n) is 9.17. The summed E-state index contributed by atoms with van der Waals surface area (Å²) in [6, 6.07) is 6.91. The Bertz CT molecular complexity index is 1050. The zero-order valence-corrected chi connectivity index (χ0v) is 17.5. The van der Waals surface area contributed by atoms with Crippen LogP contribution in [0, 0.1) is 0 Å². The molecule has 3 heterocycles. The zero-order valence-electron chi connectivity index (χ0n) is 15.9. The van der Waals surface area contributed by atoms with Crippen LogP contribution in [-0.2, 0) is 27.7 Å². The fourth-order valence-electron chi connectivity index (χ4n) is 3.14. The number of hydrogen-bond acceptors (Lipinski definition) is 10. The second kappa shape index (κ2) is 8.75. The Kier molecular flexibility index (Phi) is 6.22. The van der Waals surface area contributed by atoms with E-state index in [1.54, 1.807) is 24.3 Å². The van der Waals surface area contributed by atoms with Crippen molar-refractivity contribution < 1.29 is 37.6 Å². The molecule has 2 saturated heterocycles. The van der Waals surface area contributed by atoms with Crippen LogP contribution in [0.1, 0.15) is 34.9 Å².